The van der Waals surface area contributed by atoms with Crippen molar-refractivity contribution in [2.45, 2.75) is 51.7 Å². The summed E-state index contributed by atoms with van der Waals surface area (Å²) in [5, 5.41) is 6.45. The highest BCUT2D eigenvalue weighted by Crippen LogP contribution is 2.24. The third-order valence-corrected chi connectivity index (χ3v) is 3.45. The van der Waals surface area contributed by atoms with E-state index in [2.05, 4.69) is 25.6 Å². The molecule has 1 aromatic heterocycles. The second-order valence-electron chi connectivity index (χ2n) is 5.10. The Morgan fingerprint density at radius 2 is 1.95 bits per heavy atom. The quantitative estimate of drug-likeness (QED) is 0.759. The van der Waals surface area contributed by atoms with E-state index in [0.29, 0.717) is 24.5 Å². The van der Waals surface area contributed by atoms with Gasteiger partial charge in [0, 0.05) is 13.7 Å². The van der Waals surface area contributed by atoms with Crippen LogP contribution in [-0.4, -0.2) is 47.4 Å². The van der Waals surface area contributed by atoms with Crippen molar-refractivity contribution in [1.82, 2.24) is 15.0 Å². The average Bonchev–Trinajstić information content (AvgIpc) is 2.92. The molecule has 2 N–H and O–H groups in total. The molecule has 7 nitrogen and oxygen atoms in total. The molecular formula is C14H25N5O2. The summed E-state index contributed by atoms with van der Waals surface area (Å²) in [7, 11) is 1.75. The number of nitrogens with zero attached hydrogens (tertiary/aromatic N) is 3. The smallest absolute Gasteiger partial charge is 0.323 e. The van der Waals surface area contributed by atoms with Crippen LogP contribution in [0.4, 0.5) is 11.9 Å². The zero-order chi connectivity index (χ0) is 15.1. The molecule has 0 radical (unpaired) electrons. The summed E-state index contributed by atoms with van der Waals surface area (Å²) < 4.78 is 11.0. The molecule has 0 aliphatic heterocycles. The van der Waals surface area contributed by atoms with E-state index >= 15 is 0 Å². The number of aromatic nitrogens is 3. The van der Waals surface area contributed by atoms with Gasteiger partial charge in [-0.1, -0.05) is 6.92 Å². The maximum atomic E-state index is 5.53. The predicted octanol–water partition coefficient (Wildman–Crippen LogP) is 2.07. The number of nitrogens with one attached hydrogen (secondary N) is 2. The standard InChI is InChI=1S/C14H25N5O2/c1-4-9-21-14-18-12(15-5-2)17-13(19-14)16-10-7-6-8-11(10)20-3/h10-11H,4-9H2,1-3H3,(H2,15,16,17,18,19). The Labute approximate surface area is 125 Å². The number of hydrogen-bond acceptors (Lipinski definition) is 7. The van der Waals surface area contributed by atoms with Crippen LogP contribution in [0.3, 0.4) is 0 Å². The topological polar surface area (TPSA) is 81.2 Å². The Morgan fingerprint density at radius 1 is 1.14 bits per heavy atom. The van der Waals surface area contributed by atoms with Crippen LogP contribution >= 0.6 is 0 Å². The molecule has 0 bridgehead atoms. The Hall–Kier alpha value is -1.63. The van der Waals surface area contributed by atoms with Crippen LogP contribution in [0.15, 0.2) is 0 Å². The highest BCUT2D eigenvalue weighted by molar-refractivity contribution is 5.37. The maximum absolute atomic E-state index is 5.53. The van der Waals surface area contributed by atoms with Crippen molar-refractivity contribution in [3.8, 4) is 6.01 Å². The minimum Gasteiger partial charge on any atom is -0.463 e. The zero-order valence-corrected chi connectivity index (χ0v) is 13.1. The molecule has 7 heteroatoms. The predicted molar refractivity (Wildman–Crippen MR) is 81.8 cm³/mol. The molecule has 1 saturated carbocycles. The highest BCUT2D eigenvalue weighted by atomic mass is 16.5. The summed E-state index contributed by atoms with van der Waals surface area (Å²) >= 11 is 0. The molecule has 1 aromatic rings. The monoisotopic (exact) mass is 295 g/mol. The minimum atomic E-state index is 0.212. The largest absolute Gasteiger partial charge is 0.463 e. The summed E-state index contributed by atoms with van der Waals surface area (Å²) in [6, 6.07) is 0.600. The van der Waals surface area contributed by atoms with Gasteiger partial charge in [-0.25, -0.2) is 0 Å². The third-order valence-electron chi connectivity index (χ3n) is 3.45. The van der Waals surface area contributed by atoms with E-state index in [4.69, 9.17) is 9.47 Å². The normalized spacial score (nSPS) is 21.3. The van der Waals surface area contributed by atoms with Gasteiger partial charge in [-0.15, -0.1) is 0 Å². The van der Waals surface area contributed by atoms with Gasteiger partial charge in [0.25, 0.3) is 0 Å². The van der Waals surface area contributed by atoms with E-state index < -0.39 is 0 Å². The molecule has 2 unspecified atom stereocenters. The second kappa shape index (κ2) is 7.97. The first kappa shape index (κ1) is 15.8. The van der Waals surface area contributed by atoms with Crippen molar-refractivity contribution in [3.05, 3.63) is 0 Å². The molecule has 2 atom stereocenters. The van der Waals surface area contributed by atoms with Gasteiger partial charge in [-0.2, -0.15) is 15.0 Å². The average molecular weight is 295 g/mol. The van der Waals surface area contributed by atoms with Crippen LogP contribution in [0.1, 0.15) is 39.5 Å². The van der Waals surface area contributed by atoms with E-state index in [0.717, 1.165) is 32.2 Å². The van der Waals surface area contributed by atoms with E-state index in [9.17, 15) is 0 Å². The van der Waals surface area contributed by atoms with Gasteiger partial charge in [-0.05, 0) is 32.6 Å². The Bertz CT molecular complexity index is 443. The van der Waals surface area contributed by atoms with Crippen molar-refractivity contribution < 1.29 is 9.47 Å². The molecule has 1 aliphatic rings. The van der Waals surface area contributed by atoms with Crippen LogP contribution < -0.4 is 15.4 Å². The number of anilines is 2. The lowest BCUT2D eigenvalue weighted by atomic mass is 10.2. The van der Waals surface area contributed by atoms with Crippen LogP contribution in [0.25, 0.3) is 0 Å². The third kappa shape index (κ3) is 4.42. The first-order chi connectivity index (χ1) is 10.3. The van der Waals surface area contributed by atoms with E-state index in [1.807, 2.05) is 13.8 Å². The molecule has 118 valence electrons. The van der Waals surface area contributed by atoms with Gasteiger partial charge in [0.05, 0.1) is 18.8 Å². The van der Waals surface area contributed by atoms with E-state index in [-0.39, 0.29) is 12.1 Å². The highest BCUT2D eigenvalue weighted by Gasteiger charge is 2.27. The fourth-order valence-electron chi connectivity index (χ4n) is 2.46. The Balaban J connectivity index is 2.10. The summed E-state index contributed by atoms with van der Waals surface area (Å²) in [5.41, 5.74) is 0. The van der Waals surface area contributed by atoms with Gasteiger partial charge in [0.2, 0.25) is 11.9 Å². The molecule has 1 heterocycles. The second-order valence-corrected chi connectivity index (χ2v) is 5.10. The number of hydrogen-bond donors (Lipinski definition) is 2. The molecule has 0 amide bonds. The van der Waals surface area contributed by atoms with Gasteiger partial charge >= 0.3 is 6.01 Å². The van der Waals surface area contributed by atoms with Gasteiger partial charge in [0.1, 0.15) is 0 Å². The molecule has 0 spiro atoms. The molecule has 2 rings (SSSR count). The SMILES string of the molecule is CCCOc1nc(NCC)nc(NC2CCCC2OC)n1. The molecule has 1 fully saturated rings. The lowest BCUT2D eigenvalue weighted by Gasteiger charge is -2.20. The van der Waals surface area contributed by atoms with Crippen molar-refractivity contribution in [1.29, 1.82) is 0 Å². The fourth-order valence-corrected chi connectivity index (χ4v) is 2.46. The number of methoxy groups -OCH3 is 1. The van der Waals surface area contributed by atoms with Crippen molar-refractivity contribution >= 4 is 11.9 Å². The lowest BCUT2D eigenvalue weighted by molar-refractivity contribution is 0.101. The van der Waals surface area contributed by atoms with Crippen LogP contribution in [-0.2, 0) is 4.74 Å². The minimum absolute atomic E-state index is 0.212. The molecule has 21 heavy (non-hydrogen) atoms. The zero-order valence-electron chi connectivity index (χ0n) is 13.1. The lowest BCUT2D eigenvalue weighted by Crippen LogP contribution is -2.30. The van der Waals surface area contributed by atoms with Crippen molar-refractivity contribution in [3.63, 3.8) is 0 Å². The van der Waals surface area contributed by atoms with Crippen LogP contribution in [0.2, 0.25) is 0 Å². The van der Waals surface area contributed by atoms with E-state index in [1.54, 1.807) is 7.11 Å². The summed E-state index contributed by atoms with van der Waals surface area (Å²) in [6.45, 7) is 5.40. The summed E-state index contributed by atoms with van der Waals surface area (Å²) in [4.78, 5) is 13.0. The molecule has 0 saturated heterocycles. The molecule has 1 aliphatic carbocycles. The number of rotatable bonds is 8. The van der Waals surface area contributed by atoms with Crippen molar-refractivity contribution in [2.75, 3.05) is 30.9 Å². The summed E-state index contributed by atoms with van der Waals surface area (Å²) in [6.07, 6.45) is 4.41. The van der Waals surface area contributed by atoms with Crippen molar-refractivity contribution in [2.24, 2.45) is 0 Å². The number of ether oxygens (including phenoxy) is 2. The van der Waals surface area contributed by atoms with Crippen LogP contribution in [0.5, 0.6) is 6.01 Å². The first-order valence-corrected chi connectivity index (χ1v) is 7.68. The van der Waals surface area contributed by atoms with Gasteiger partial charge < -0.3 is 20.1 Å². The fraction of sp³-hybridized carbons (Fsp3) is 0.786. The maximum Gasteiger partial charge on any atom is 0.323 e. The van der Waals surface area contributed by atoms with Crippen LogP contribution in [0, 0.1) is 0 Å². The van der Waals surface area contributed by atoms with Gasteiger partial charge in [0.15, 0.2) is 0 Å². The molecular weight excluding hydrogens is 270 g/mol. The first-order valence-electron chi connectivity index (χ1n) is 7.68. The van der Waals surface area contributed by atoms with Gasteiger partial charge in [-0.3, -0.25) is 0 Å². The van der Waals surface area contributed by atoms with E-state index in [1.165, 1.54) is 0 Å². The molecule has 0 aromatic carbocycles. The Kier molecular flexibility index (Phi) is 5.98. The Morgan fingerprint density at radius 3 is 2.67 bits per heavy atom. The summed E-state index contributed by atoms with van der Waals surface area (Å²) in [5.74, 6) is 1.08.